The van der Waals surface area contributed by atoms with Crippen molar-refractivity contribution in [2.24, 2.45) is 0 Å². The first kappa shape index (κ1) is 15.4. The number of amides is 1. The fourth-order valence-corrected chi connectivity index (χ4v) is 2.37. The van der Waals surface area contributed by atoms with Crippen LogP contribution in [-0.2, 0) is 9.53 Å². The zero-order valence-electron chi connectivity index (χ0n) is 12.6. The van der Waals surface area contributed by atoms with Crippen LogP contribution in [0.15, 0.2) is 34.9 Å². The number of carbonyl (C=O) groups excluding carboxylic acids is 1. The summed E-state index contributed by atoms with van der Waals surface area (Å²) in [4.78, 5) is 18.3. The Morgan fingerprint density at radius 2 is 2.17 bits per heavy atom. The highest BCUT2D eigenvalue weighted by Crippen LogP contribution is 2.22. The van der Waals surface area contributed by atoms with Gasteiger partial charge >= 0.3 is 0 Å². The molecule has 0 spiro atoms. The van der Waals surface area contributed by atoms with E-state index < -0.39 is 0 Å². The van der Waals surface area contributed by atoms with Gasteiger partial charge in [-0.05, 0) is 23.8 Å². The van der Waals surface area contributed by atoms with E-state index >= 15 is 0 Å². The Morgan fingerprint density at radius 1 is 1.39 bits per heavy atom. The number of rotatable bonds is 3. The number of benzene rings is 1. The summed E-state index contributed by atoms with van der Waals surface area (Å²) in [6, 6.07) is 5.55. The fourth-order valence-electron chi connectivity index (χ4n) is 2.37. The van der Waals surface area contributed by atoms with Crippen molar-refractivity contribution in [2.45, 2.75) is 13.0 Å². The van der Waals surface area contributed by atoms with E-state index in [-0.39, 0.29) is 17.8 Å². The van der Waals surface area contributed by atoms with Crippen molar-refractivity contribution in [3.63, 3.8) is 0 Å². The molecule has 1 aromatic heterocycles. The molecule has 1 atom stereocenters. The monoisotopic (exact) mass is 317 g/mol. The Bertz CT molecular complexity index is 712. The van der Waals surface area contributed by atoms with Gasteiger partial charge in [0.05, 0.1) is 13.2 Å². The van der Waals surface area contributed by atoms with Crippen molar-refractivity contribution >= 4 is 12.0 Å². The lowest BCUT2D eigenvalue weighted by Crippen LogP contribution is -2.43. The third kappa shape index (κ3) is 3.62. The van der Waals surface area contributed by atoms with Gasteiger partial charge in [0.25, 0.3) is 0 Å². The first-order valence-electron chi connectivity index (χ1n) is 7.25. The van der Waals surface area contributed by atoms with Crippen LogP contribution in [0.4, 0.5) is 4.39 Å². The SMILES string of the molecule is Cc1nc(C2COCCN2C(=O)C=Cc2ccc(F)cc2)no1. The van der Waals surface area contributed by atoms with Crippen molar-refractivity contribution in [1.29, 1.82) is 0 Å². The third-order valence-electron chi connectivity index (χ3n) is 3.54. The average molecular weight is 317 g/mol. The second-order valence-corrected chi connectivity index (χ2v) is 5.18. The van der Waals surface area contributed by atoms with E-state index in [4.69, 9.17) is 9.26 Å². The fraction of sp³-hybridized carbons (Fsp3) is 0.312. The molecule has 6 nitrogen and oxygen atoms in total. The number of carbonyl (C=O) groups is 1. The summed E-state index contributed by atoms with van der Waals surface area (Å²) in [6.07, 6.45) is 3.11. The van der Waals surface area contributed by atoms with Gasteiger partial charge in [-0.15, -0.1) is 0 Å². The molecule has 3 rings (SSSR count). The molecule has 1 amide bonds. The number of ether oxygens (including phenoxy) is 1. The number of nitrogens with zero attached hydrogens (tertiary/aromatic N) is 3. The lowest BCUT2D eigenvalue weighted by Gasteiger charge is -2.32. The lowest BCUT2D eigenvalue weighted by atomic mass is 10.1. The maximum absolute atomic E-state index is 12.9. The topological polar surface area (TPSA) is 68.5 Å². The summed E-state index contributed by atoms with van der Waals surface area (Å²) in [5, 5.41) is 3.87. The van der Waals surface area contributed by atoms with Gasteiger partial charge in [-0.3, -0.25) is 4.79 Å². The normalized spacial score (nSPS) is 18.5. The zero-order chi connectivity index (χ0) is 16.2. The zero-order valence-corrected chi connectivity index (χ0v) is 12.6. The molecule has 0 saturated carbocycles. The molecule has 7 heteroatoms. The van der Waals surface area contributed by atoms with E-state index in [1.807, 2.05) is 0 Å². The molecule has 2 aromatic rings. The Hall–Kier alpha value is -2.54. The van der Waals surface area contributed by atoms with Crippen LogP contribution in [0.2, 0.25) is 0 Å². The molecule has 1 saturated heterocycles. The minimum Gasteiger partial charge on any atom is -0.377 e. The maximum atomic E-state index is 12.9. The molecule has 1 fully saturated rings. The molecule has 1 aliphatic heterocycles. The van der Waals surface area contributed by atoms with Crippen LogP contribution in [0.1, 0.15) is 23.3 Å². The van der Waals surface area contributed by atoms with E-state index in [2.05, 4.69) is 10.1 Å². The molecule has 0 bridgehead atoms. The third-order valence-corrected chi connectivity index (χ3v) is 3.54. The van der Waals surface area contributed by atoms with E-state index in [1.54, 1.807) is 30.0 Å². The molecule has 1 aliphatic rings. The molecule has 1 unspecified atom stereocenters. The van der Waals surface area contributed by atoms with E-state index in [0.717, 1.165) is 5.56 Å². The molecule has 1 aromatic carbocycles. The van der Waals surface area contributed by atoms with Crippen molar-refractivity contribution in [2.75, 3.05) is 19.8 Å². The summed E-state index contributed by atoms with van der Waals surface area (Å²) < 4.78 is 23.3. The number of aromatic nitrogens is 2. The van der Waals surface area contributed by atoms with Gasteiger partial charge in [0, 0.05) is 19.5 Å². The van der Waals surface area contributed by atoms with Crippen LogP contribution in [0, 0.1) is 12.7 Å². The predicted octanol–water partition coefficient (Wildman–Crippen LogP) is 2.13. The molecule has 0 aliphatic carbocycles. The van der Waals surface area contributed by atoms with E-state index in [1.165, 1.54) is 18.2 Å². The van der Waals surface area contributed by atoms with Gasteiger partial charge in [0.2, 0.25) is 11.8 Å². The van der Waals surface area contributed by atoms with Crippen LogP contribution in [0.5, 0.6) is 0 Å². The quantitative estimate of drug-likeness (QED) is 0.811. The molecule has 0 N–H and O–H groups in total. The van der Waals surface area contributed by atoms with Crippen molar-refractivity contribution in [3.8, 4) is 0 Å². The van der Waals surface area contributed by atoms with E-state index in [9.17, 15) is 9.18 Å². The Labute approximate surface area is 132 Å². The highest BCUT2D eigenvalue weighted by molar-refractivity contribution is 5.92. The van der Waals surface area contributed by atoms with Gasteiger partial charge in [-0.25, -0.2) is 4.39 Å². The van der Waals surface area contributed by atoms with Gasteiger partial charge in [0.1, 0.15) is 11.9 Å². The Morgan fingerprint density at radius 3 is 2.87 bits per heavy atom. The molecule has 0 radical (unpaired) electrons. The van der Waals surface area contributed by atoms with Crippen LogP contribution in [0.25, 0.3) is 6.08 Å². The highest BCUT2D eigenvalue weighted by atomic mass is 19.1. The second kappa shape index (κ2) is 6.70. The molecule has 23 heavy (non-hydrogen) atoms. The average Bonchev–Trinajstić information content (AvgIpc) is 3.00. The molecular weight excluding hydrogens is 301 g/mol. The van der Waals surface area contributed by atoms with Gasteiger partial charge in [-0.1, -0.05) is 17.3 Å². The number of hydrogen-bond acceptors (Lipinski definition) is 5. The van der Waals surface area contributed by atoms with Gasteiger partial charge in [-0.2, -0.15) is 4.98 Å². The standard InChI is InChI=1S/C16H16FN3O3/c1-11-18-16(19-23-11)14-10-22-9-8-20(14)15(21)7-4-12-2-5-13(17)6-3-12/h2-7,14H,8-10H2,1H3. The molecule has 2 heterocycles. The maximum Gasteiger partial charge on any atom is 0.247 e. The lowest BCUT2D eigenvalue weighted by molar-refractivity contribution is -0.135. The minimum atomic E-state index is -0.369. The van der Waals surface area contributed by atoms with Crippen molar-refractivity contribution < 1.29 is 18.4 Å². The Kier molecular flexibility index (Phi) is 4.47. The van der Waals surface area contributed by atoms with Crippen molar-refractivity contribution in [1.82, 2.24) is 15.0 Å². The first-order valence-corrected chi connectivity index (χ1v) is 7.25. The van der Waals surface area contributed by atoms with E-state index in [0.29, 0.717) is 31.5 Å². The number of morpholine rings is 1. The summed E-state index contributed by atoms with van der Waals surface area (Å²) >= 11 is 0. The second-order valence-electron chi connectivity index (χ2n) is 5.18. The number of hydrogen-bond donors (Lipinski definition) is 0. The molecular formula is C16H16FN3O3. The van der Waals surface area contributed by atoms with Crippen LogP contribution < -0.4 is 0 Å². The van der Waals surface area contributed by atoms with Crippen LogP contribution in [-0.4, -0.2) is 40.7 Å². The first-order chi connectivity index (χ1) is 11.1. The summed E-state index contributed by atoms with van der Waals surface area (Å²) in [7, 11) is 0. The highest BCUT2D eigenvalue weighted by Gasteiger charge is 2.30. The summed E-state index contributed by atoms with van der Waals surface area (Å²) in [5.41, 5.74) is 0.750. The smallest absolute Gasteiger partial charge is 0.247 e. The minimum absolute atomic E-state index is 0.176. The van der Waals surface area contributed by atoms with Gasteiger partial charge < -0.3 is 14.2 Å². The summed E-state index contributed by atoms with van der Waals surface area (Å²) in [6.45, 7) is 2.93. The van der Waals surface area contributed by atoms with Crippen molar-refractivity contribution in [3.05, 3.63) is 53.4 Å². The number of aryl methyl sites for hydroxylation is 1. The number of halogens is 1. The summed E-state index contributed by atoms with van der Waals surface area (Å²) in [5.74, 6) is 0.393. The van der Waals surface area contributed by atoms with Crippen LogP contribution in [0.3, 0.4) is 0 Å². The Balaban J connectivity index is 1.74. The van der Waals surface area contributed by atoms with Gasteiger partial charge in [0.15, 0.2) is 5.82 Å². The van der Waals surface area contributed by atoms with Crippen LogP contribution >= 0.6 is 0 Å². The molecule has 120 valence electrons. The largest absolute Gasteiger partial charge is 0.377 e. The predicted molar refractivity (Wildman–Crippen MR) is 79.7 cm³/mol.